The predicted molar refractivity (Wildman–Crippen MR) is 77.4 cm³/mol. The minimum atomic E-state index is 0.225. The number of hydrogen-bond donors (Lipinski definition) is 1. The Labute approximate surface area is 109 Å². The first-order valence-electron chi connectivity index (χ1n) is 6.35. The van der Waals surface area contributed by atoms with Gasteiger partial charge in [0.25, 0.3) is 0 Å². The van der Waals surface area contributed by atoms with Crippen LogP contribution in [0.3, 0.4) is 0 Å². The third kappa shape index (κ3) is 2.37. The maximum absolute atomic E-state index is 5.94. The molecule has 0 saturated carbocycles. The van der Waals surface area contributed by atoms with E-state index in [2.05, 4.69) is 50.0 Å². The fourth-order valence-corrected chi connectivity index (χ4v) is 1.97. The summed E-state index contributed by atoms with van der Waals surface area (Å²) in [5, 5.41) is 0. The van der Waals surface area contributed by atoms with E-state index < -0.39 is 0 Å². The van der Waals surface area contributed by atoms with Crippen molar-refractivity contribution in [2.45, 2.75) is 32.6 Å². The zero-order valence-corrected chi connectivity index (χ0v) is 11.3. The molecule has 2 nitrogen and oxygen atoms in total. The van der Waals surface area contributed by atoms with Gasteiger partial charge in [0.1, 0.15) is 0 Å². The van der Waals surface area contributed by atoms with Crippen LogP contribution in [0.5, 0.6) is 0 Å². The highest BCUT2D eigenvalue weighted by Crippen LogP contribution is 2.30. The van der Waals surface area contributed by atoms with Crippen LogP contribution >= 0.6 is 0 Å². The molecule has 0 bridgehead atoms. The van der Waals surface area contributed by atoms with Gasteiger partial charge >= 0.3 is 0 Å². The summed E-state index contributed by atoms with van der Waals surface area (Å²) in [6.45, 7) is 6.75. The van der Waals surface area contributed by atoms with Crippen molar-refractivity contribution >= 4 is 5.69 Å². The van der Waals surface area contributed by atoms with Gasteiger partial charge in [0.05, 0.1) is 11.9 Å². The van der Waals surface area contributed by atoms with E-state index in [4.69, 9.17) is 5.73 Å². The molecule has 0 amide bonds. The maximum Gasteiger partial charge on any atom is 0.0580 e. The second-order valence-electron chi connectivity index (χ2n) is 5.28. The van der Waals surface area contributed by atoms with Crippen molar-refractivity contribution in [1.82, 2.24) is 4.98 Å². The molecule has 0 aliphatic rings. The van der Waals surface area contributed by atoms with E-state index in [1.54, 1.807) is 12.4 Å². The molecule has 0 saturated heterocycles. The molecule has 0 fully saturated rings. The number of pyridine rings is 1. The molecule has 2 N–H and O–H groups in total. The highest BCUT2D eigenvalue weighted by Gasteiger charge is 2.17. The number of rotatable bonds is 3. The normalized spacial score (nSPS) is 11.5. The Morgan fingerprint density at radius 1 is 1.11 bits per heavy atom. The third-order valence-corrected chi connectivity index (χ3v) is 3.71. The van der Waals surface area contributed by atoms with Gasteiger partial charge in [0.15, 0.2) is 0 Å². The van der Waals surface area contributed by atoms with Crippen LogP contribution < -0.4 is 5.73 Å². The number of hydrogen-bond acceptors (Lipinski definition) is 2. The number of aromatic nitrogens is 1. The van der Waals surface area contributed by atoms with Crippen molar-refractivity contribution in [3.63, 3.8) is 0 Å². The van der Waals surface area contributed by atoms with Gasteiger partial charge in [-0.1, -0.05) is 45.0 Å². The van der Waals surface area contributed by atoms with E-state index in [9.17, 15) is 0 Å². The second kappa shape index (κ2) is 4.81. The lowest BCUT2D eigenvalue weighted by atomic mass is 9.82. The first kappa shape index (κ1) is 12.6. The molecule has 2 rings (SSSR count). The average molecular weight is 240 g/mol. The fraction of sp³-hybridized carbons (Fsp3) is 0.312. The first-order chi connectivity index (χ1) is 8.54. The third-order valence-electron chi connectivity index (χ3n) is 3.71. The van der Waals surface area contributed by atoms with E-state index in [1.807, 2.05) is 6.07 Å². The lowest BCUT2D eigenvalue weighted by Crippen LogP contribution is -2.14. The van der Waals surface area contributed by atoms with Gasteiger partial charge in [0, 0.05) is 11.8 Å². The van der Waals surface area contributed by atoms with Gasteiger partial charge in [-0.05, 0) is 29.0 Å². The topological polar surface area (TPSA) is 38.9 Å². The Kier molecular flexibility index (Phi) is 3.37. The molecule has 1 heterocycles. The van der Waals surface area contributed by atoms with Crippen LogP contribution in [0.1, 0.15) is 32.8 Å². The van der Waals surface area contributed by atoms with Gasteiger partial charge < -0.3 is 5.73 Å². The van der Waals surface area contributed by atoms with Crippen molar-refractivity contribution in [3.8, 4) is 11.1 Å². The van der Waals surface area contributed by atoms with Crippen LogP contribution in [0.4, 0.5) is 5.69 Å². The zero-order valence-electron chi connectivity index (χ0n) is 11.3. The Hall–Kier alpha value is -1.83. The van der Waals surface area contributed by atoms with Crippen molar-refractivity contribution < 1.29 is 0 Å². The molecule has 18 heavy (non-hydrogen) atoms. The van der Waals surface area contributed by atoms with Crippen LogP contribution in [0.15, 0.2) is 42.7 Å². The minimum Gasteiger partial charge on any atom is -0.397 e. The van der Waals surface area contributed by atoms with Crippen LogP contribution in [-0.4, -0.2) is 4.98 Å². The Morgan fingerprint density at radius 2 is 1.78 bits per heavy atom. The number of benzene rings is 1. The molecule has 2 heteroatoms. The van der Waals surface area contributed by atoms with Crippen molar-refractivity contribution in [2.24, 2.45) is 0 Å². The number of nitrogens with two attached hydrogens (primary N) is 1. The number of nitrogens with zero attached hydrogens (tertiary/aromatic N) is 1. The van der Waals surface area contributed by atoms with E-state index in [0.29, 0.717) is 0 Å². The monoisotopic (exact) mass is 240 g/mol. The van der Waals surface area contributed by atoms with Gasteiger partial charge in [-0.2, -0.15) is 0 Å². The zero-order chi connectivity index (χ0) is 13.2. The summed E-state index contributed by atoms with van der Waals surface area (Å²) in [5.74, 6) is 0. The molecule has 0 aliphatic heterocycles. The highest BCUT2D eigenvalue weighted by atomic mass is 14.7. The van der Waals surface area contributed by atoms with Gasteiger partial charge in [-0.25, -0.2) is 0 Å². The van der Waals surface area contributed by atoms with Crippen LogP contribution in [-0.2, 0) is 5.41 Å². The highest BCUT2D eigenvalue weighted by molar-refractivity contribution is 5.75. The average Bonchev–Trinajstić information content (AvgIpc) is 2.39. The molecular formula is C16H20N2. The lowest BCUT2D eigenvalue weighted by Gasteiger charge is -2.23. The molecular weight excluding hydrogens is 220 g/mol. The van der Waals surface area contributed by atoms with E-state index in [0.717, 1.165) is 23.2 Å². The largest absolute Gasteiger partial charge is 0.397 e. The van der Waals surface area contributed by atoms with Gasteiger partial charge in [-0.3, -0.25) is 4.98 Å². The van der Waals surface area contributed by atoms with E-state index in [-0.39, 0.29) is 5.41 Å². The standard InChI is InChI=1S/C16H20N2/c1-4-16(2,3)13-7-5-12(6-8-13)14-9-10-18-11-15(14)17/h5-11H,4,17H2,1-3H3. The molecule has 94 valence electrons. The molecule has 1 aromatic heterocycles. The first-order valence-corrected chi connectivity index (χ1v) is 6.35. The van der Waals surface area contributed by atoms with Crippen LogP contribution in [0, 0.1) is 0 Å². The summed E-state index contributed by atoms with van der Waals surface area (Å²) in [4.78, 5) is 4.02. The molecule has 0 aliphatic carbocycles. The SMILES string of the molecule is CCC(C)(C)c1ccc(-c2ccncc2N)cc1. The summed E-state index contributed by atoms with van der Waals surface area (Å²) in [6.07, 6.45) is 4.60. The molecule has 0 unspecified atom stereocenters. The summed E-state index contributed by atoms with van der Waals surface area (Å²) in [6, 6.07) is 10.6. The minimum absolute atomic E-state index is 0.225. The van der Waals surface area contributed by atoms with Crippen molar-refractivity contribution in [3.05, 3.63) is 48.3 Å². The molecule has 0 radical (unpaired) electrons. The van der Waals surface area contributed by atoms with Gasteiger partial charge in [-0.15, -0.1) is 0 Å². The van der Waals surface area contributed by atoms with Crippen molar-refractivity contribution in [2.75, 3.05) is 5.73 Å². The molecule has 2 aromatic rings. The smallest absolute Gasteiger partial charge is 0.0580 e. The summed E-state index contributed by atoms with van der Waals surface area (Å²) >= 11 is 0. The maximum atomic E-state index is 5.94. The Morgan fingerprint density at radius 3 is 2.33 bits per heavy atom. The Balaban J connectivity index is 2.37. The lowest BCUT2D eigenvalue weighted by molar-refractivity contribution is 0.506. The van der Waals surface area contributed by atoms with E-state index in [1.165, 1.54) is 5.56 Å². The Bertz CT molecular complexity index is 527. The number of anilines is 1. The molecule has 0 atom stereocenters. The summed E-state index contributed by atoms with van der Waals surface area (Å²) in [5.41, 5.74) is 10.4. The summed E-state index contributed by atoms with van der Waals surface area (Å²) in [7, 11) is 0. The molecule has 1 aromatic carbocycles. The van der Waals surface area contributed by atoms with E-state index >= 15 is 0 Å². The quantitative estimate of drug-likeness (QED) is 0.880. The fourth-order valence-electron chi connectivity index (χ4n) is 1.97. The summed E-state index contributed by atoms with van der Waals surface area (Å²) < 4.78 is 0. The predicted octanol–water partition coefficient (Wildman–Crippen LogP) is 4.02. The molecule has 0 spiro atoms. The van der Waals surface area contributed by atoms with Gasteiger partial charge in [0.2, 0.25) is 0 Å². The van der Waals surface area contributed by atoms with Crippen molar-refractivity contribution in [1.29, 1.82) is 0 Å². The number of nitrogen functional groups attached to an aromatic ring is 1. The van der Waals surface area contributed by atoms with Crippen LogP contribution in [0.25, 0.3) is 11.1 Å². The van der Waals surface area contributed by atoms with Crippen LogP contribution in [0.2, 0.25) is 0 Å². The second-order valence-corrected chi connectivity index (χ2v) is 5.28.